The number of hydrogen-bond donors (Lipinski definition) is 2. The molecule has 1 saturated carbocycles. The van der Waals surface area contributed by atoms with Gasteiger partial charge in [0.2, 0.25) is 17.7 Å². The maximum Gasteiger partial charge on any atom is 0.522 e. The molecule has 180 valence electrons. The molecule has 11 heteroatoms. The zero-order valence-corrected chi connectivity index (χ0v) is 17.6. The number of carbonyl (C=O) groups is 4. The zero-order chi connectivity index (χ0) is 26.2. The molecule has 5 atom stereocenters. The van der Waals surface area contributed by atoms with Gasteiger partial charge in [0, 0.05) is 35.5 Å². The number of hydrogen-bond acceptors (Lipinski definition) is 5. The molecule has 3 rings (SSSR count). The van der Waals surface area contributed by atoms with Gasteiger partial charge >= 0.3 is 6.36 Å². The van der Waals surface area contributed by atoms with Crippen LogP contribution < -0.4 is 11.1 Å². The Bertz CT molecular complexity index is 869. The number of ether oxygens (including phenoxy) is 1. The fourth-order valence-electron chi connectivity index (χ4n) is 5.23. The van der Waals surface area contributed by atoms with E-state index in [4.69, 9.17) is 9.85 Å². The highest BCUT2D eigenvalue weighted by molar-refractivity contribution is 5.88. The van der Waals surface area contributed by atoms with Crippen LogP contribution in [0.1, 0.15) is 55.9 Å². The van der Waals surface area contributed by atoms with E-state index in [-0.39, 0.29) is 44.6 Å². The Morgan fingerprint density at radius 2 is 2.12 bits per heavy atom. The molecule has 1 aliphatic carbocycles. The molecule has 0 aromatic heterocycles. The summed E-state index contributed by atoms with van der Waals surface area (Å²) in [6, 6.07) is -0.947. The summed E-state index contributed by atoms with van der Waals surface area (Å²) in [5.74, 6) is -4.05. The van der Waals surface area contributed by atoms with Crippen molar-refractivity contribution in [2.45, 2.75) is 64.2 Å². The molecule has 3 aliphatic rings. The first-order chi connectivity index (χ1) is 16.1. The minimum Gasteiger partial charge on any atom is -0.368 e. The van der Waals surface area contributed by atoms with Crippen LogP contribution in [0.2, 0.25) is 0 Å². The van der Waals surface area contributed by atoms with Crippen molar-refractivity contribution in [2.24, 2.45) is 28.9 Å². The summed E-state index contributed by atoms with van der Waals surface area (Å²) in [7, 11) is 0. The number of carbonyl (C=O) groups excluding carboxylic acids is 4. The van der Waals surface area contributed by atoms with E-state index in [1.165, 1.54) is 4.90 Å². The highest BCUT2D eigenvalue weighted by Gasteiger charge is 2.65. The third-order valence-corrected chi connectivity index (χ3v) is 6.91. The fourth-order valence-corrected chi connectivity index (χ4v) is 5.23. The van der Waals surface area contributed by atoms with E-state index < -0.39 is 66.6 Å². The molecule has 0 bridgehead atoms. The van der Waals surface area contributed by atoms with E-state index in [0.29, 0.717) is 19.4 Å². The molecule has 2 aliphatic heterocycles. The molecule has 0 aromatic rings. The zero-order valence-electron chi connectivity index (χ0n) is 20.6. The summed E-state index contributed by atoms with van der Waals surface area (Å²) in [4.78, 5) is 51.0. The molecule has 3 N–H and O–H groups in total. The van der Waals surface area contributed by atoms with Crippen LogP contribution >= 0.6 is 0 Å². The van der Waals surface area contributed by atoms with Gasteiger partial charge in [-0.15, -0.1) is 13.2 Å². The Balaban J connectivity index is 1.72. The first-order valence-electron chi connectivity index (χ1n) is 12.2. The molecular weight excluding hydrogens is 431 g/mol. The van der Waals surface area contributed by atoms with Crippen molar-refractivity contribution in [1.82, 2.24) is 10.2 Å². The Morgan fingerprint density at radius 3 is 2.72 bits per heavy atom. The maximum absolute atomic E-state index is 12.8. The van der Waals surface area contributed by atoms with E-state index in [1.807, 2.05) is 0 Å². The molecule has 3 unspecified atom stereocenters. The quantitative estimate of drug-likeness (QED) is 0.508. The van der Waals surface area contributed by atoms with E-state index in [9.17, 15) is 32.3 Å². The van der Waals surface area contributed by atoms with Crippen LogP contribution in [-0.4, -0.2) is 60.5 Å². The lowest BCUT2D eigenvalue weighted by Crippen LogP contribution is -2.43. The average molecular weight is 464 g/mol. The van der Waals surface area contributed by atoms with E-state index >= 15 is 0 Å². The van der Waals surface area contributed by atoms with Gasteiger partial charge in [-0.3, -0.25) is 23.9 Å². The minimum absolute atomic E-state index is 0.0616. The van der Waals surface area contributed by atoms with Gasteiger partial charge in [0.15, 0.2) is 5.78 Å². The van der Waals surface area contributed by atoms with Gasteiger partial charge in [-0.1, -0.05) is 13.3 Å². The van der Waals surface area contributed by atoms with E-state index in [0.717, 1.165) is 0 Å². The van der Waals surface area contributed by atoms with Gasteiger partial charge < -0.3 is 16.0 Å². The van der Waals surface area contributed by atoms with Gasteiger partial charge in [0.05, 0.1) is 0 Å². The first kappa shape index (κ1) is 20.4. The van der Waals surface area contributed by atoms with Crippen molar-refractivity contribution < 1.29 is 41.2 Å². The number of amides is 3. The van der Waals surface area contributed by atoms with Crippen LogP contribution in [0.25, 0.3) is 0 Å². The van der Waals surface area contributed by atoms with Crippen molar-refractivity contribution in [3.05, 3.63) is 0 Å². The summed E-state index contributed by atoms with van der Waals surface area (Å²) in [5, 5.41) is 2.65. The van der Waals surface area contributed by atoms with E-state index in [1.54, 1.807) is 0 Å². The van der Waals surface area contributed by atoms with Gasteiger partial charge in [-0.2, -0.15) is 0 Å². The second-order valence-electron chi connectivity index (χ2n) is 8.99. The van der Waals surface area contributed by atoms with Crippen LogP contribution in [0.3, 0.4) is 0 Å². The Labute approximate surface area is 188 Å². The number of likely N-dealkylation sites (tertiary alicyclic amines) is 1. The molecule has 32 heavy (non-hydrogen) atoms. The van der Waals surface area contributed by atoms with Gasteiger partial charge in [-0.05, 0) is 43.4 Å². The second-order valence-corrected chi connectivity index (χ2v) is 8.99. The standard InChI is InChI=1S/C21H30F3N3O5/c1-2-3-4-17(29)27-11-20(9-15(27)18(25)30)8-14(20)13(7-12-5-6-26-19(12)31)16(28)10-32-21(22,23)24/h12-15H,2-11H2,1H3,(H2,25,30)(H,26,31)/t12-,13+,14?,15?,20?/m1/s1/i1D3. The lowest BCUT2D eigenvalue weighted by atomic mass is 9.83. The summed E-state index contributed by atoms with van der Waals surface area (Å²) in [6.45, 7) is -2.85. The van der Waals surface area contributed by atoms with Gasteiger partial charge in [0.1, 0.15) is 12.6 Å². The summed E-state index contributed by atoms with van der Waals surface area (Å²) in [6.07, 6.45) is -4.05. The number of nitrogens with two attached hydrogens (primary N) is 1. The molecule has 2 heterocycles. The van der Waals surface area contributed by atoms with E-state index in [2.05, 4.69) is 10.1 Å². The van der Waals surface area contributed by atoms with Gasteiger partial charge in [0.25, 0.3) is 0 Å². The topological polar surface area (TPSA) is 119 Å². The third kappa shape index (κ3) is 5.41. The highest BCUT2D eigenvalue weighted by Crippen LogP contribution is 2.64. The van der Waals surface area contributed by atoms with Crippen LogP contribution in [0.4, 0.5) is 13.2 Å². The van der Waals surface area contributed by atoms with Crippen molar-refractivity contribution in [1.29, 1.82) is 0 Å². The molecule has 0 radical (unpaired) electrons. The number of nitrogens with zero attached hydrogens (tertiary/aromatic N) is 1. The summed E-state index contributed by atoms with van der Waals surface area (Å²) < 4.78 is 63.1. The minimum atomic E-state index is -4.98. The number of rotatable bonds is 10. The normalized spacial score (nSPS) is 32.2. The van der Waals surface area contributed by atoms with Crippen molar-refractivity contribution >= 4 is 23.5 Å². The lowest BCUT2D eigenvalue weighted by molar-refractivity contribution is -0.321. The first-order valence-corrected chi connectivity index (χ1v) is 10.7. The number of primary amides is 1. The predicted octanol–water partition coefficient (Wildman–Crippen LogP) is 1.52. The van der Waals surface area contributed by atoms with Crippen molar-refractivity contribution in [3.63, 3.8) is 0 Å². The predicted molar refractivity (Wildman–Crippen MR) is 106 cm³/mol. The largest absolute Gasteiger partial charge is 0.522 e. The third-order valence-electron chi connectivity index (χ3n) is 6.91. The molecular formula is C21H30F3N3O5. The number of nitrogens with one attached hydrogen (secondary N) is 1. The Morgan fingerprint density at radius 1 is 1.38 bits per heavy atom. The van der Waals surface area contributed by atoms with Crippen LogP contribution in [-0.2, 0) is 23.9 Å². The number of Topliss-reactive ketones (excluding diaryl/α,β-unsaturated/α-hetero) is 1. The van der Waals surface area contributed by atoms with Crippen LogP contribution in [0.15, 0.2) is 0 Å². The number of alkyl halides is 3. The highest BCUT2D eigenvalue weighted by atomic mass is 19.4. The van der Waals surface area contributed by atoms with Crippen LogP contribution in [0.5, 0.6) is 0 Å². The smallest absolute Gasteiger partial charge is 0.368 e. The average Bonchev–Trinajstić information content (AvgIpc) is 3.03. The molecule has 8 nitrogen and oxygen atoms in total. The Hall–Kier alpha value is -2.17. The molecule has 0 aromatic carbocycles. The summed E-state index contributed by atoms with van der Waals surface area (Å²) in [5.41, 5.74) is 4.84. The summed E-state index contributed by atoms with van der Waals surface area (Å²) >= 11 is 0. The molecule has 3 amide bonds. The SMILES string of the molecule is [2H]C([2H])([2H])CCCC(=O)N1CC2(CC1C(N)=O)CC2[C@H](C[C@H]1CCNC1=O)C(=O)COC(F)(F)F. The Kier molecular flexibility index (Phi) is 5.98. The second kappa shape index (κ2) is 9.36. The number of halogens is 3. The fraction of sp³-hybridized carbons (Fsp3) is 0.810. The maximum atomic E-state index is 12.8. The number of ketones is 1. The van der Waals surface area contributed by atoms with Crippen molar-refractivity contribution in [3.8, 4) is 0 Å². The monoisotopic (exact) mass is 464 g/mol. The van der Waals surface area contributed by atoms with Gasteiger partial charge in [-0.25, -0.2) is 0 Å². The van der Waals surface area contributed by atoms with Crippen molar-refractivity contribution in [2.75, 3.05) is 19.7 Å². The molecule has 2 saturated heterocycles. The van der Waals surface area contributed by atoms with Crippen LogP contribution in [0, 0.1) is 23.2 Å². The molecule has 1 spiro atoms. The molecule has 3 fully saturated rings. The lowest BCUT2D eigenvalue weighted by Gasteiger charge is -2.23.